The lowest BCUT2D eigenvalue weighted by Gasteiger charge is -2.41. The van der Waals surface area contributed by atoms with Crippen LogP contribution < -0.4 is 0 Å². The van der Waals surface area contributed by atoms with E-state index in [1.54, 1.807) is 0 Å². The molecule has 1 fully saturated rings. The molecule has 29 heavy (non-hydrogen) atoms. The van der Waals surface area contributed by atoms with Crippen molar-refractivity contribution in [3.63, 3.8) is 0 Å². The lowest BCUT2D eigenvalue weighted by molar-refractivity contribution is -0.0442. The fourth-order valence-corrected chi connectivity index (χ4v) is 4.51. The van der Waals surface area contributed by atoms with E-state index in [1.165, 1.54) is 11.1 Å². The molecule has 4 nitrogen and oxygen atoms in total. The summed E-state index contributed by atoms with van der Waals surface area (Å²) in [6, 6.07) is 29.4. The second kappa shape index (κ2) is 7.82. The van der Waals surface area contributed by atoms with Crippen molar-refractivity contribution in [2.75, 3.05) is 26.2 Å². The van der Waals surface area contributed by atoms with Crippen LogP contribution in [0, 0.1) is 0 Å². The first-order valence-corrected chi connectivity index (χ1v) is 10.2. The molecule has 0 aliphatic carbocycles. The van der Waals surface area contributed by atoms with Crippen molar-refractivity contribution in [2.45, 2.75) is 12.3 Å². The molecule has 0 bridgehead atoms. The maximum Gasteiger partial charge on any atom is 0.340 e. The maximum absolute atomic E-state index is 12.2. The van der Waals surface area contributed by atoms with Crippen molar-refractivity contribution in [1.82, 2.24) is 9.80 Å². The molecule has 1 atom stereocenters. The minimum Gasteiger partial charge on any atom is -0.438 e. The number of nitrogens with zero attached hydrogens (tertiary/aromatic N) is 2. The van der Waals surface area contributed by atoms with Crippen molar-refractivity contribution >= 4 is 5.97 Å². The smallest absolute Gasteiger partial charge is 0.340 e. The van der Waals surface area contributed by atoms with Gasteiger partial charge in [0, 0.05) is 31.7 Å². The Bertz CT molecular complexity index is 942. The molecule has 0 unspecified atom stereocenters. The van der Waals surface area contributed by atoms with Crippen LogP contribution in [0.4, 0.5) is 0 Å². The van der Waals surface area contributed by atoms with E-state index in [0.717, 1.165) is 31.7 Å². The number of esters is 1. The number of carbonyl (C=O) groups is 1. The molecule has 0 N–H and O–H groups in total. The van der Waals surface area contributed by atoms with Gasteiger partial charge in [0.1, 0.15) is 0 Å². The molecule has 3 aromatic rings. The Labute approximate surface area is 171 Å². The van der Waals surface area contributed by atoms with Gasteiger partial charge in [-0.2, -0.15) is 0 Å². The first kappa shape index (κ1) is 18.1. The van der Waals surface area contributed by atoms with E-state index in [-0.39, 0.29) is 18.2 Å². The van der Waals surface area contributed by atoms with Crippen LogP contribution >= 0.6 is 0 Å². The Hall–Kier alpha value is -2.95. The van der Waals surface area contributed by atoms with Gasteiger partial charge in [-0.25, -0.2) is 4.79 Å². The van der Waals surface area contributed by atoms with Crippen LogP contribution in [0.25, 0.3) is 0 Å². The number of rotatable bonds is 4. The number of fused-ring (bicyclic) bond motifs is 1. The third-order valence-electron chi connectivity index (χ3n) is 5.94. The van der Waals surface area contributed by atoms with Gasteiger partial charge in [0.25, 0.3) is 0 Å². The molecule has 0 radical (unpaired) electrons. The van der Waals surface area contributed by atoms with Crippen LogP contribution in [-0.4, -0.2) is 41.9 Å². The molecule has 1 saturated heterocycles. The summed E-state index contributed by atoms with van der Waals surface area (Å²) in [7, 11) is 0. The topological polar surface area (TPSA) is 32.8 Å². The van der Waals surface area contributed by atoms with Crippen molar-refractivity contribution in [2.24, 2.45) is 0 Å². The van der Waals surface area contributed by atoms with Crippen molar-refractivity contribution in [3.05, 3.63) is 107 Å². The van der Waals surface area contributed by atoms with Crippen LogP contribution in [0.3, 0.4) is 0 Å². The summed E-state index contributed by atoms with van der Waals surface area (Å²) < 4.78 is 5.70. The van der Waals surface area contributed by atoms with Crippen LogP contribution in [0.5, 0.6) is 0 Å². The van der Waals surface area contributed by atoms with Gasteiger partial charge >= 0.3 is 5.97 Å². The quantitative estimate of drug-likeness (QED) is 0.629. The van der Waals surface area contributed by atoms with Gasteiger partial charge in [-0.15, -0.1) is 0 Å². The minimum atomic E-state index is -0.257. The average molecular weight is 384 g/mol. The van der Waals surface area contributed by atoms with Gasteiger partial charge in [-0.05, 0) is 17.2 Å². The zero-order valence-electron chi connectivity index (χ0n) is 16.3. The van der Waals surface area contributed by atoms with Gasteiger partial charge in [0.05, 0.1) is 11.6 Å². The largest absolute Gasteiger partial charge is 0.438 e. The lowest BCUT2D eigenvalue weighted by Crippen LogP contribution is -2.49. The number of ether oxygens (including phenoxy) is 1. The molecule has 2 aliphatic rings. The molecular weight excluding hydrogens is 360 g/mol. The maximum atomic E-state index is 12.2. The number of hydrogen-bond donors (Lipinski definition) is 0. The summed E-state index contributed by atoms with van der Waals surface area (Å²) in [5.41, 5.74) is 4.31. The SMILES string of the molecule is O=C1O[C@@H](N2CCN(C(c3ccccc3)c3ccccc3)CC2)c2ccccc21. The predicted octanol–water partition coefficient (Wildman–Crippen LogP) is 4.26. The van der Waals surface area contributed by atoms with Crippen LogP contribution in [0.1, 0.15) is 39.3 Å². The van der Waals surface area contributed by atoms with E-state index in [4.69, 9.17) is 4.74 Å². The molecule has 146 valence electrons. The first-order chi connectivity index (χ1) is 14.3. The fraction of sp³-hybridized carbons (Fsp3) is 0.240. The Balaban J connectivity index is 1.36. The highest BCUT2D eigenvalue weighted by Crippen LogP contribution is 2.35. The summed E-state index contributed by atoms with van der Waals surface area (Å²) in [5.74, 6) is -0.209. The van der Waals surface area contributed by atoms with Gasteiger partial charge in [0.15, 0.2) is 6.23 Å². The van der Waals surface area contributed by atoms with Gasteiger partial charge in [-0.3, -0.25) is 9.80 Å². The monoisotopic (exact) mass is 384 g/mol. The standard InChI is InChI=1S/C25H24N2O2/c28-25-22-14-8-7-13-21(22)24(29-25)27-17-15-26(16-18-27)23(19-9-3-1-4-10-19)20-11-5-2-6-12-20/h1-14,23-24H,15-18H2/t24-/m1/s1. The number of benzene rings is 3. The van der Waals surface area contributed by atoms with E-state index >= 15 is 0 Å². The molecule has 3 aromatic carbocycles. The summed E-state index contributed by atoms with van der Waals surface area (Å²) in [6.45, 7) is 3.57. The van der Waals surface area contributed by atoms with E-state index in [1.807, 2.05) is 24.3 Å². The fourth-order valence-electron chi connectivity index (χ4n) is 4.51. The normalized spacial score (nSPS) is 19.9. The molecule has 0 saturated carbocycles. The summed E-state index contributed by atoms with van der Waals surface area (Å²) >= 11 is 0. The third-order valence-corrected chi connectivity index (χ3v) is 5.94. The Morgan fingerprint density at radius 2 is 1.28 bits per heavy atom. The minimum absolute atomic E-state index is 0.209. The molecule has 4 heteroatoms. The third kappa shape index (κ3) is 3.46. The summed E-state index contributed by atoms with van der Waals surface area (Å²) in [4.78, 5) is 17.0. The highest BCUT2D eigenvalue weighted by molar-refractivity contribution is 5.93. The molecule has 0 aromatic heterocycles. The zero-order chi connectivity index (χ0) is 19.6. The van der Waals surface area contributed by atoms with Crippen molar-refractivity contribution < 1.29 is 9.53 Å². The molecule has 0 spiro atoms. The first-order valence-electron chi connectivity index (χ1n) is 10.2. The lowest BCUT2D eigenvalue weighted by atomic mass is 9.96. The van der Waals surface area contributed by atoms with Gasteiger partial charge < -0.3 is 4.74 Å². The van der Waals surface area contributed by atoms with Crippen LogP contribution in [0.15, 0.2) is 84.9 Å². The average Bonchev–Trinajstić information content (AvgIpc) is 3.13. The number of piperazine rings is 1. The highest BCUT2D eigenvalue weighted by atomic mass is 16.6. The zero-order valence-corrected chi connectivity index (χ0v) is 16.3. The van der Waals surface area contributed by atoms with Crippen LogP contribution in [-0.2, 0) is 4.74 Å². The molecular formula is C25H24N2O2. The Kier molecular flexibility index (Phi) is 4.88. The van der Waals surface area contributed by atoms with Gasteiger partial charge in [-0.1, -0.05) is 78.9 Å². The predicted molar refractivity (Wildman–Crippen MR) is 112 cm³/mol. The van der Waals surface area contributed by atoms with Gasteiger partial charge in [0.2, 0.25) is 0 Å². The Morgan fingerprint density at radius 3 is 1.90 bits per heavy atom. The number of hydrogen-bond acceptors (Lipinski definition) is 4. The second-order valence-corrected chi connectivity index (χ2v) is 7.64. The molecule has 5 rings (SSSR count). The van der Waals surface area contributed by atoms with Crippen LogP contribution in [0.2, 0.25) is 0 Å². The highest BCUT2D eigenvalue weighted by Gasteiger charge is 2.37. The second-order valence-electron chi connectivity index (χ2n) is 7.64. The van der Waals surface area contributed by atoms with Crippen molar-refractivity contribution in [1.29, 1.82) is 0 Å². The van der Waals surface area contributed by atoms with E-state index in [0.29, 0.717) is 5.56 Å². The Morgan fingerprint density at radius 1 is 0.724 bits per heavy atom. The number of carbonyl (C=O) groups excluding carboxylic acids is 1. The van der Waals surface area contributed by atoms with E-state index in [2.05, 4.69) is 70.5 Å². The van der Waals surface area contributed by atoms with E-state index < -0.39 is 0 Å². The summed E-state index contributed by atoms with van der Waals surface area (Å²) in [6.07, 6.45) is -0.257. The summed E-state index contributed by atoms with van der Waals surface area (Å²) in [5, 5.41) is 0. The molecule has 2 aliphatic heterocycles. The molecule has 2 heterocycles. The number of cyclic esters (lactones) is 1. The molecule has 0 amide bonds. The van der Waals surface area contributed by atoms with E-state index in [9.17, 15) is 4.79 Å². The van der Waals surface area contributed by atoms with Crippen molar-refractivity contribution in [3.8, 4) is 0 Å².